The van der Waals surface area contributed by atoms with Gasteiger partial charge in [-0.2, -0.15) is 0 Å². The van der Waals surface area contributed by atoms with Crippen LogP contribution in [0.2, 0.25) is 0 Å². The first-order valence-corrected chi connectivity index (χ1v) is 10.8. The topological polar surface area (TPSA) is 53.1 Å². The molecular formula is C12H10Br2NO2P. The Morgan fingerprint density at radius 3 is 1.61 bits per heavy atom. The molecule has 0 saturated carbocycles. The Labute approximate surface area is 120 Å². The summed E-state index contributed by atoms with van der Waals surface area (Å²) in [5.41, 5.74) is 2.42. The maximum atomic E-state index is 9.60. The van der Waals surface area contributed by atoms with E-state index >= 15 is 0 Å². The minimum absolute atomic E-state index is 1.21. The van der Waals surface area contributed by atoms with Crippen LogP contribution in [0, 0.1) is 0 Å². The van der Waals surface area contributed by atoms with E-state index in [-0.39, 0.29) is 0 Å². The Morgan fingerprint density at radius 2 is 1.22 bits per heavy atom. The van der Waals surface area contributed by atoms with Crippen LogP contribution in [0.25, 0.3) is 21.8 Å². The smallest absolute Gasteiger partial charge is 0.325 e. The lowest BCUT2D eigenvalue weighted by Gasteiger charge is -1.87. The molecule has 3 rings (SSSR count). The van der Waals surface area contributed by atoms with Crippen LogP contribution in [0.4, 0.5) is 0 Å². The zero-order chi connectivity index (χ0) is 13.2. The molecule has 1 aromatic heterocycles. The first kappa shape index (κ1) is 13.8. The third kappa shape index (κ3) is 3.69. The summed E-state index contributed by atoms with van der Waals surface area (Å²) in [6.45, 7) is 0. The van der Waals surface area contributed by atoms with E-state index in [1.807, 2.05) is 0 Å². The van der Waals surface area contributed by atoms with Gasteiger partial charge in [-0.05, 0) is 12.1 Å². The number of nitrogens with one attached hydrogen (secondary N) is 1. The molecule has 0 fully saturated rings. The van der Waals surface area contributed by atoms with Crippen molar-refractivity contribution in [3.63, 3.8) is 0 Å². The summed E-state index contributed by atoms with van der Waals surface area (Å²) in [6.07, 6.45) is 0. The maximum absolute atomic E-state index is 9.60. The SMILES string of the molecule is O=P(O)(Br)Br.c1ccc2c(c1)[nH]c1ccccc12. The zero-order valence-corrected chi connectivity index (χ0v) is 13.2. The van der Waals surface area contributed by atoms with Gasteiger partial charge in [0.05, 0.1) is 0 Å². The monoisotopic (exact) mass is 389 g/mol. The number of fused-ring (bicyclic) bond motifs is 3. The van der Waals surface area contributed by atoms with Crippen LogP contribution in [0.15, 0.2) is 48.5 Å². The molecule has 18 heavy (non-hydrogen) atoms. The average Bonchev–Trinajstić information content (AvgIpc) is 2.65. The molecule has 6 heteroatoms. The zero-order valence-electron chi connectivity index (χ0n) is 9.18. The van der Waals surface area contributed by atoms with E-state index < -0.39 is 4.77 Å². The molecule has 0 bridgehead atoms. The first-order chi connectivity index (χ1) is 8.45. The molecule has 0 radical (unpaired) electrons. The lowest BCUT2D eigenvalue weighted by molar-refractivity contribution is 0.517. The molecule has 2 aromatic carbocycles. The number of H-pyrrole nitrogens is 1. The Balaban J connectivity index is 0.000000209. The number of hydrogen-bond donors (Lipinski definition) is 2. The van der Waals surface area contributed by atoms with Crippen molar-refractivity contribution in [3.8, 4) is 0 Å². The van der Waals surface area contributed by atoms with E-state index in [0.29, 0.717) is 0 Å². The van der Waals surface area contributed by atoms with Crippen LogP contribution < -0.4 is 0 Å². The molecule has 0 aliphatic carbocycles. The van der Waals surface area contributed by atoms with Crippen LogP contribution in [-0.4, -0.2) is 9.88 Å². The quantitative estimate of drug-likeness (QED) is 0.518. The fraction of sp³-hybridized carbons (Fsp3) is 0. The highest BCUT2D eigenvalue weighted by molar-refractivity contribution is 9.70. The van der Waals surface area contributed by atoms with Gasteiger partial charge in [-0.3, -0.25) is 4.57 Å². The lowest BCUT2D eigenvalue weighted by atomic mass is 10.2. The lowest BCUT2D eigenvalue weighted by Crippen LogP contribution is -1.62. The molecule has 2 N–H and O–H groups in total. The molecule has 0 aliphatic rings. The Bertz CT molecular complexity index is 661. The van der Waals surface area contributed by atoms with E-state index in [4.69, 9.17) is 4.89 Å². The van der Waals surface area contributed by atoms with Crippen molar-refractivity contribution in [2.75, 3.05) is 0 Å². The molecule has 0 spiro atoms. The fourth-order valence-corrected chi connectivity index (χ4v) is 1.80. The summed E-state index contributed by atoms with van der Waals surface area (Å²) in [6, 6.07) is 16.8. The van der Waals surface area contributed by atoms with Gasteiger partial charge < -0.3 is 9.88 Å². The van der Waals surface area contributed by atoms with Crippen LogP contribution in [0.3, 0.4) is 0 Å². The third-order valence-electron chi connectivity index (χ3n) is 2.41. The van der Waals surface area contributed by atoms with Gasteiger partial charge in [0.25, 0.3) is 0 Å². The molecule has 1 heterocycles. The van der Waals surface area contributed by atoms with Crippen molar-refractivity contribution in [1.29, 1.82) is 0 Å². The predicted octanol–water partition coefficient (Wildman–Crippen LogP) is 5.20. The van der Waals surface area contributed by atoms with Gasteiger partial charge in [-0.1, -0.05) is 36.4 Å². The molecular weight excluding hydrogens is 381 g/mol. The minimum atomic E-state index is -3.01. The summed E-state index contributed by atoms with van der Waals surface area (Å²) in [4.78, 5) is 11.3. The van der Waals surface area contributed by atoms with Crippen molar-refractivity contribution in [1.82, 2.24) is 4.98 Å². The second-order valence-electron chi connectivity index (χ2n) is 3.65. The molecule has 94 valence electrons. The summed E-state index contributed by atoms with van der Waals surface area (Å²) in [5, 5.41) is 2.61. The highest BCUT2D eigenvalue weighted by Gasteiger charge is 2.00. The number of hydrogen-bond acceptors (Lipinski definition) is 1. The van der Waals surface area contributed by atoms with Crippen molar-refractivity contribution in [3.05, 3.63) is 48.5 Å². The van der Waals surface area contributed by atoms with Crippen molar-refractivity contribution in [2.24, 2.45) is 0 Å². The van der Waals surface area contributed by atoms with Gasteiger partial charge in [-0.25, -0.2) is 0 Å². The van der Waals surface area contributed by atoms with Gasteiger partial charge in [-0.15, -0.1) is 0 Å². The number of halogens is 2. The number of aromatic nitrogens is 1. The first-order valence-electron chi connectivity index (χ1n) is 5.13. The average molecular weight is 391 g/mol. The fourth-order valence-electron chi connectivity index (χ4n) is 1.80. The van der Waals surface area contributed by atoms with Crippen molar-refractivity contribution in [2.45, 2.75) is 0 Å². The number of rotatable bonds is 0. The molecule has 3 nitrogen and oxygen atoms in total. The van der Waals surface area contributed by atoms with Crippen LogP contribution in [-0.2, 0) is 4.57 Å². The minimum Gasteiger partial charge on any atom is -0.355 e. The number of aromatic amines is 1. The molecule has 0 aliphatic heterocycles. The van der Waals surface area contributed by atoms with E-state index in [2.05, 4.69) is 84.5 Å². The highest BCUT2D eigenvalue weighted by atomic mass is 79.9. The van der Waals surface area contributed by atoms with Gasteiger partial charge in [0.1, 0.15) is 0 Å². The standard InChI is InChI=1S/C12H9N.Br2HO2P/c1-3-7-11-9(5-1)10-6-2-4-8-12(10)13-11;1-5(2,3)4/h1-8,13H;(H,3,4). The van der Waals surface area contributed by atoms with E-state index in [1.165, 1.54) is 21.8 Å². The maximum Gasteiger partial charge on any atom is 0.325 e. The Kier molecular flexibility index (Phi) is 4.28. The van der Waals surface area contributed by atoms with Crippen LogP contribution in [0.1, 0.15) is 0 Å². The van der Waals surface area contributed by atoms with E-state index in [1.54, 1.807) is 0 Å². The molecule has 0 amide bonds. The van der Waals surface area contributed by atoms with Gasteiger partial charge in [0.2, 0.25) is 0 Å². The van der Waals surface area contributed by atoms with E-state index in [0.717, 1.165) is 0 Å². The van der Waals surface area contributed by atoms with Crippen molar-refractivity contribution < 1.29 is 9.46 Å². The van der Waals surface area contributed by atoms with Gasteiger partial charge in [0.15, 0.2) is 0 Å². The van der Waals surface area contributed by atoms with Crippen LogP contribution >= 0.6 is 35.8 Å². The summed E-state index contributed by atoms with van der Waals surface area (Å²) >= 11 is 4.81. The highest BCUT2D eigenvalue weighted by Crippen LogP contribution is 2.56. The summed E-state index contributed by atoms with van der Waals surface area (Å²) < 4.78 is 6.59. The molecule has 0 unspecified atom stereocenters. The second kappa shape index (κ2) is 5.57. The largest absolute Gasteiger partial charge is 0.355 e. The molecule has 3 aromatic rings. The predicted molar refractivity (Wildman–Crippen MR) is 83.5 cm³/mol. The molecule has 0 saturated heterocycles. The number of benzene rings is 2. The summed E-state index contributed by atoms with van der Waals surface area (Å²) in [5.74, 6) is 0. The number of para-hydroxylation sites is 2. The second-order valence-corrected chi connectivity index (χ2v) is 13.1. The van der Waals surface area contributed by atoms with E-state index in [9.17, 15) is 4.57 Å². The Morgan fingerprint density at radius 1 is 0.889 bits per heavy atom. The van der Waals surface area contributed by atoms with Gasteiger partial charge >= 0.3 is 4.77 Å². The van der Waals surface area contributed by atoms with Crippen LogP contribution in [0.5, 0.6) is 0 Å². The molecule has 0 atom stereocenters. The summed E-state index contributed by atoms with van der Waals surface area (Å²) in [7, 11) is 0. The van der Waals surface area contributed by atoms with Crippen molar-refractivity contribution >= 4 is 57.6 Å². The Hall–Kier alpha value is -0.610. The normalized spacial score (nSPS) is 11.3. The van der Waals surface area contributed by atoms with Gasteiger partial charge in [0, 0.05) is 52.8 Å². The third-order valence-corrected chi connectivity index (χ3v) is 2.41.